The highest BCUT2D eigenvalue weighted by Crippen LogP contribution is 2.39. The number of hydrogen-bond donors (Lipinski definition) is 1. The van der Waals surface area contributed by atoms with Gasteiger partial charge in [0.15, 0.2) is 12.0 Å². The van der Waals surface area contributed by atoms with E-state index in [-0.39, 0.29) is 16.9 Å². The minimum atomic E-state index is -0.626. The fraction of sp³-hybridized carbons (Fsp3) is 0.417. The molecule has 2 aromatic rings. The quantitative estimate of drug-likeness (QED) is 0.628. The summed E-state index contributed by atoms with van der Waals surface area (Å²) >= 11 is 9.17. The minimum Gasteiger partial charge on any atom is -0.395 e. The molecule has 0 saturated carbocycles. The third-order valence-electron chi connectivity index (χ3n) is 3.34. The van der Waals surface area contributed by atoms with E-state index in [0.29, 0.717) is 22.0 Å². The SMILES string of the molecule is Nc1c(F)c(Cl)c(Br)c2cnn(C3CCCCO3)c12. The highest BCUT2D eigenvalue weighted by atomic mass is 79.9. The van der Waals surface area contributed by atoms with Crippen LogP contribution in [-0.2, 0) is 4.74 Å². The zero-order valence-corrected chi connectivity index (χ0v) is 12.3. The van der Waals surface area contributed by atoms with E-state index in [4.69, 9.17) is 22.1 Å². The summed E-state index contributed by atoms with van der Waals surface area (Å²) in [5.41, 5.74) is 6.38. The lowest BCUT2D eigenvalue weighted by atomic mass is 10.1. The van der Waals surface area contributed by atoms with Crippen LogP contribution in [0.25, 0.3) is 10.9 Å². The number of ether oxygens (including phenoxy) is 1. The first-order valence-electron chi connectivity index (χ1n) is 6.02. The van der Waals surface area contributed by atoms with Gasteiger partial charge in [-0.3, -0.25) is 0 Å². The van der Waals surface area contributed by atoms with Crippen LogP contribution in [0.2, 0.25) is 5.02 Å². The standard InChI is InChI=1S/C12H12BrClFN3O/c13-8-6-5-17-18(7-3-1-2-4-19-7)12(6)11(16)10(15)9(8)14/h5,7H,1-4,16H2. The van der Waals surface area contributed by atoms with Crippen LogP contribution < -0.4 is 5.73 Å². The maximum atomic E-state index is 14.0. The van der Waals surface area contributed by atoms with E-state index in [2.05, 4.69) is 21.0 Å². The molecule has 1 saturated heterocycles. The Hall–Kier alpha value is -0.850. The van der Waals surface area contributed by atoms with Crippen LogP contribution in [0.3, 0.4) is 0 Å². The normalized spacial score (nSPS) is 20.1. The number of anilines is 1. The zero-order valence-electron chi connectivity index (χ0n) is 10.00. The van der Waals surface area contributed by atoms with Gasteiger partial charge < -0.3 is 10.5 Å². The molecule has 0 radical (unpaired) electrons. The third-order valence-corrected chi connectivity index (χ3v) is 4.74. The molecule has 1 fully saturated rings. The molecule has 102 valence electrons. The Morgan fingerprint density at radius 2 is 2.32 bits per heavy atom. The van der Waals surface area contributed by atoms with Crippen LogP contribution in [0.15, 0.2) is 10.7 Å². The first-order chi connectivity index (χ1) is 9.11. The summed E-state index contributed by atoms with van der Waals surface area (Å²) < 4.78 is 21.8. The Morgan fingerprint density at radius 3 is 3.00 bits per heavy atom. The molecule has 1 atom stereocenters. The molecule has 2 N–H and O–H groups in total. The molecular weight excluding hydrogens is 337 g/mol. The molecule has 1 aromatic carbocycles. The lowest BCUT2D eigenvalue weighted by Gasteiger charge is -2.24. The second-order valence-corrected chi connectivity index (χ2v) is 5.70. The molecule has 2 heterocycles. The van der Waals surface area contributed by atoms with Gasteiger partial charge in [-0.25, -0.2) is 9.07 Å². The predicted octanol–water partition coefficient (Wildman–Crippen LogP) is 3.87. The van der Waals surface area contributed by atoms with Gasteiger partial charge in [0.1, 0.15) is 0 Å². The summed E-state index contributed by atoms with van der Waals surface area (Å²) in [6.45, 7) is 0.684. The second-order valence-electron chi connectivity index (χ2n) is 4.53. The van der Waals surface area contributed by atoms with Gasteiger partial charge in [0, 0.05) is 12.0 Å². The van der Waals surface area contributed by atoms with E-state index >= 15 is 0 Å². The van der Waals surface area contributed by atoms with Crippen molar-refractivity contribution in [3.63, 3.8) is 0 Å². The molecular formula is C12H12BrClFN3O. The largest absolute Gasteiger partial charge is 0.395 e. The number of nitrogen functional groups attached to an aromatic ring is 1. The molecule has 0 bridgehead atoms. The molecule has 1 aliphatic heterocycles. The van der Waals surface area contributed by atoms with Crippen molar-refractivity contribution in [3.8, 4) is 0 Å². The van der Waals surface area contributed by atoms with E-state index in [1.165, 1.54) is 0 Å². The summed E-state index contributed by atoms with van der Waals surface area (Å²) in [5.74, 6) is -0.626. The van der Waals surface area contributed by atoms with Gasteiger partial charge in [-0.1, -0.05) is 11.6 Å². The molecule has 0 aliphatic carbocycles. The lowest BCUT2D eigenvalue weighted by Crippen LogP contribution is -2.19. The first-order valence-corrected chi connectivity index (χ1v) is 7.19. The molecule has 1 aromatic heterocycles. The van der Waals surface area contributed by atoms with Gasteiger partial charge in [-0.15, -0.1) is 0 Å². The number of hydrogen-bond acceptors (Lipinski definition) is 3. The van der Waals surface area contributed by atoms with E-state index in [1.807, 2.05) is 0 Å². The Labute approximate surface area is 122 Å². The zero-order chi connectivity index (χ0) is 13.6. The summed E-state index contributed by atoms with van der Waals surface area (Å²) in [5, 5.41) is 4.95. The predicted molar refractivity (Wildman–Crippen MR) is 75.7 cm³/mol. The Balaban J connectivity index is 2.22. The number of fused-ring (bicyclic) bond motifs is 1. The maximum Gasteiger partial charge on any atom is 0.168 e. The fourth-order valence-corrected chi connectivity index (χ4v) is 3.03. The van der Waals surface area contributed by atoms with Crippen molar-refractivity contribution in [2.45, 2.75) is 25.5 Å². The van der Waals surface area contributed by atoms with E-state index in [0.717, 1.165) is 19.3 Å². The van der Waals surface area contributed by atoms with Crippen molar-refractivity contribution in [3.05, 3.63) is 21.5 Å². The topological polar surface area (TPSA) is 53.1 Å². The lowest BCUT2D eigenvalue weighted by molar-refractivity contribution is -0.0366. The van der Waals surface area contributed by atoms with Gasteiger partial charge in [0.05, 0.1) is 26.9 Å². The van der Waals surface area contributed by atoms with Crippen molar-refractivity contribution in [1.82, 2.24) is 9.78 Å². The Bertz CT molecular complexity index is 640. The second kappa shape index (κ2) is 4.92. The Morgan fingerprint density at radius 1 is 1.53 bits per heavy atom. The number of halogens is 3. The molecule has 1 unspecified atom stereocenters. The smallest absolute Gasteiger partial charge is 0.168 e. The number of aromatic nitrogens is 2. The van der Waals surface area contributed by atoms with Crippen LogP contribution >= 0.6 is 27.5 Å². The van der Waals surface area contributed by atoms with Crippen molar-refractivity contribution < 1.29 is 9.13 Å². The number of nitrogens with two attached hydrogens (primary N) is 1. The maximum absolute atomic E-state index is 14.0. The average Bonchev–Trinajstić information content (AvgIpc) is 2.88. The van der Waals surface area contributed by atoms with Gasteiger partial charge in [-0.05, 0) is 35.2 Å². The summed E-state index contributed by atoms with van der Waals surface area (Å²) in [6, 6.07) is 0. The van der Waals surface area contributed by atoms with Crippen LogP contribution in [0.5, 0.6) is 0 Å². The number of nitrogens with zero attached hydrogens (tertiary/aromatic N) is 2. The monoisotopic (exact) mass is 347 g/mol. The highest BCUT2D eigenvalue weighted by molar-refractivity contribution is 9.10. The first kappa shape index (κ1) is 13.1. The molecule has 0 spiro atoms. The summed E-state index contributed by atoms with van der Waals surface area (Å²) in [4.78, 5) is 0. The summed E-state index contributed by atoms with van der Waals surface area (Å²) in [7, 11) is 0. The van der Waals surface area contributed by atoms with Crippen LogP contribution in [0, 0.1) is 5.82 Å². The molecule has 4 nitrogen and oxygen atoms in total. The van der Waals surface area contributed by atoms with Crippen molar-refractivity contribution >= 4 is 44.1 Å². The van der Waals surface area contributed by atoms with Crippen molar-refractivity contribution in [1.29, 1.82) is 0 Å². The molecule has 0 amide bonds. The summed E-state index contributed by atoms with van der Waals surface area (Å²) in [6.07, 6.45) is 4.37. The number of rotatable bonds is 1. The fourth-order valence-electron chi connectivity index (χ4n) is 2.36. The third kappa shape index (κ3) is 2.02. The Kier molecular flexibility index (Phi) is 3.41. The van der Waals surface area contributed by atoms with Crippen molar-refractivity contribution in [2.24, 2.45) is 0 Å². The van der Waals surface area contributed by atoms with E-state index in [9.17, 15) is 4.39 Å². The van der Waals surface area contributed by atoms with Gasteiger partial charge in [0.2, 0.25) is 0 Å². The van der Waals surface area contributed by atoms with E-state index in [1.54, 1.807) is 10.9 Å². The van der Waals surface area contributed by atoms with Gasteiger partial charge in [-0.2, -0.15) is 5.10 Å². The molecule has 7 heteroatoms. The van der Waals surface area contributed by atoms with Gasteiger partial charge in [0.25, 0.3) is 0 Å². The molecule has 19 heavy (non-hydrogen) atoms. The van der Waals surface area contributed by atoms with E-state index < -0.39 is 5.82 Å². The minimum absolute atomic E-state index is 0.00914. The van der Waals surface area contributed by atoms with Crippen LogP contribution in [0.1, 0.15) is 25.5 Å². The average molecular weight is 349 g/mol. The molecule has 3 rings (SSSR count). The van der Waals surface area contributed by atoms with Gasteiger partial charge >= 0.3 is 0 Å². The van der Waals surface area contributed by atoms with Crippen molar-refractivity contribution in [2.75, 3.05) is 12.3 Å². The number of benzene rings is 1. The molecule has 1 aliphatic rings. The van der Waals surface area contributed by atoms with Crippen LogP contribution in [0.4, 0.5) is 10.1 Å². The highest BCUT2D eigenvalue weighted by Gasteiger charge is 2.24. The van der Waals surface area contributed by atoms with Crippen LogP contribution in [-0.4, -0.2) is 16.4 Å².